The van der Waals surface area contributed by atoms with Crippen molar-refractivity contribution in [2.45, 2.75) is 5.75 Å². The Bertz CT molecular complexity index is 388. The van der Waals surface area contributed by atoms with Crippen LogP contribution in [0, 0.1) is 5.82 Å². The molecule has 0 saturated carbocycles. The predicted molar refractivity (Wildman–Crippen MR) is 66.1 cm³/mol. The second kappa shape index (κ2) is 7.26. The van der Waals surface area contributed by atoms with E-state index in [1.54, 1.807) is 18.9 Å². The van der Waals surface area contributed by atoms with E-state index in [1.165, 1.54) is 18.2 Å². The first-order valence-corrected chi connectivity index (χ1v) is 6.20. The van der Waals surface area contributed by atoms with Gasteiger partial charge in [-0.2, -0.15) is 11.8 Å². The van der Waals surface area contributed by atoms with E-state index in [4.69, 9.17) is 10.6 Å². The standard InChI is InChI=1S/C11H15FN2O2S/c1-16-4-5-17-7-9-6-8(11(15)14-13)2-3-10(9)12/h2-3,6H,4-5,7,13H2,1H3,(H,14,15). The highest BCUT2D eigenvalue weighted by Crippen LogP contribution is 2.17. The van der Waals surface area contributed by atoms with Crippen molar-refractivity contribution in [2.24, 2.45) is 5.84 Å². The van der Waals surface area contributed by atoms with Crippen LogP contribution in [0.2, 0.25) is 0 Å². The number of hydrogen-bond acceptors (Lipinski definition) is 4. The topological polar surface area (TPSA) is 64.3 Å². The van der Waals surface area contributed by atoms with Crippen LogP contribution < -0.4 is 11.3 Å². The Balaban J connectivity index is 2.66. The second-order valence-corrected chi connectivity index (χ2v) is 4.43. The second-order valence-electron chi connectivity index (χ2n) is 3.33. The van der Waals surface area contributed by atoms with E-state index in [9.17, 15) is 9.18 Å². The van der Waals surface area contributed by atoms with Crippen LogP contribution in [0.1, 0.15) is 15.9 Å². The van der Waals surface area contributed by atoms with Crippen LogP contribution >= 0.6 is 11.8 Å². The zero-order valence-corrected chi connectivity index (χ0v) is 10.3. The highest BCUT2D eigenvalue weighted by Gasteiger charge is 2.08. The zero-order valence-electron chi connectivity index (χ0n) is 9.53. The monoisotopic (exact) mass is 258 g/mol. The third-order valence-corrected chi connectivity index (χ3v) is 3.10. The fraction of sp³-hybridized carbons (Fsp3) is 0.364. The van der Waals surface area contributed by atoms with Crippen molar-refractivity contribution in [1.29, 1.82) is 0 Å². The van der Waals surface area contributed by atoms with Gasteiger partial charge in [0.2, 0.25) is 0 Å². The van der Waals surface area contributed by atoms with Gasteiger partial charge in [-0.15, -0.1) is 0 Å². The van der Waals surface area contributed by atoms with Crippen LogP contribution in [0.5, 0.6) is 0 Å². The highest BCUT2D eigenvalue weighted by molar-refractivity contribution is 7.98. The van der Waals surface area contributed by atoms with Gasteiger partial charge in [0.25, 0.3) is 5.91 Å². The van der Waals surface area contributed by atoms with E-state index < -0.39 is 5.91 Å². The van der Waals surface area contributed by atoms with Gasteiger partial charge in [0.1, 0.15) is 5.82 Å². The fourth-order valence-electron chi connectivity index (χ4n) is 1.23. The van der Waals surface area contributed by atoms with Crippen LogP contribution in [-0.2, 0) is 10.5 Å². The number of rotatable bonds is 6. The first-order valence-electron chi connectivity index (χ1n) is 5.05. The van der Waals surface area contributed by atoms with E-state index in [0.29, 0.717) is 23.5 Å². The molecule has 94 valence electrons. The summed E-state index contributed by atoms with van der Waals surface area (Å²) in [6, 6.07) is 4.19. The summed E-state index contributed by atoms with van der Waals surface area (Å²) in [5, 5.41) is 0. The molecule has 0 unspecified atom stereocenters. The molecule has 0 fully saturated rings. The first kappa shape index (κ1) is 14.0. The third-order valence-electron chi connectivity index (χ3n) is 2.13. The molecule has 0 radical (unpaired) electrons. The largest absolute Gasteiger partial charge is 0.384 e. The summed E-state index contributed by atoms with van der Waals surface area (Å²) in [4.78, 5) is 11.3. The van der Waals surface area contributed by atoms with Crippen molar-refractivity contribution in [3.8, 4) is 0 Å². The Hall–Kier alpha value is -1.11. The zero-order chi connectivity index (χ0) is 12.7. The van der Waals surface area contributed by atoms with Gasteiger partial charge in [-0.1, -0.05) is 0 Å². The molecule has 4 nitrogen and oxygen atoms in total. The lowest BCUT2D eigenvalue weighted by Gasteiger charge is -2.06. The van der Waals surface area contributed by atoms with Crippen LogP contribution in [-0.4, -0.2) is 25.4 Å². The minimum atomic E-state index is -0.423. The van der Waals surface area contributed by atoms with Gasteiger partial charge < -0.3 is 4.74 Å². The third kappa shape index (κ3) is 4.33. The molecule has 1 rings (SSSR count). The number of methoxy groups -OCH3 is 1. The number of nitrogens with one attached hydrogen (secondary N) is 1. The lowest BCUT2D eigenvalue weighted by molar-refractivity contribution is 0.0953. The lowest BCUT2D eigenvalue weighted by Crippen LogP contribution is -2.30. The van der Waals surface area contributed by atoms with Gasteiger partial charge in [-0.3, -0.25) is 10.2 Å². The number of amides is 1. The van der Waals surface area contributed by atoms with Crippen molar-refractivity contribution in [3.63, 3.8) is 0 Å². The lowest BCUT2D eigenvalue weighted by atomic mass is 10.1. The predicted octanol–water partition coefficient (Wildman–Crippen LogP) is 1.31. The van der Waals surface area contributed by atoms with E-state index in [-0.39, 0.29) is 5.82 Å². The molecule has 3 N–H and O–H groups in total. The summed E-state index contributed by atoms with van der Waals surface area (Å²) in [5.41, 5.74) is 2.87. The number of hydrogen-bond donors (Lipinski definition) is 2. The average molecular weight is 258 g/mol. The average Bonchev–Trinajstić information content (AvgIpc) is 2.35. The van der Waals surface area contributed by atoms with Crippen LogP contribution in [0.3, 0.4) is 0 Å². The number of nitrogen functional groups attached to an aromatic ring is 1. The maximum absolute atomic E-state index is 13.4. The quantitative estimate of drug-likeness (QED) is 0.349. The highest BCUT2D eigenvalue weighted by atomic mass is 32.2. The Morgan fingerprint density at radius 3 is 3.00 bits per heavy atom. The fourth-order valence-corrected chi connectivity index (χ4v) is 2.10. The number of carbonyl (C=O) groups is 1. The van der Waals surface area contributed by atoms with Gasteiger partial charge >= 0.3 is 0 Å². The molecule has 0 atom stereocenters. The van der Waals surface area contributed by atoms with Gasteiger partial charge in [-0.25, -0.2) is 10.2 Å². The number of benzene rings is 1. The Kier molecular flexibility index (Phi) is 5.96. The van der Waals surface area contributed by atoms with Crippen molar-refractivity contribution in [2.75, 3.05) is 19.5 Å². The number of carbonyl (C=O) groups excluding carboxylic acids is 1. The number of halogens is 1. The molecule has 1 aromatic carbocycles. The minimum Gasteiger partial charge on any atom is -0.384 e. The molecular weight excluding hydrogens is 243 g/mol. The molecule has 0 saturated heterocycles. The van der Waals surface area contributed by atoms with E-state index in [0.717, 1.165) is 5.75 Å². The van der Waals surface area contributed by atoms with E-state index in [2.05, 4.69) is 0 Å². The molecule has 0 aliphatic rings. The molecule has 1 aromatic rings. The van der Waals surface area contributed by atoms with Crippen molar-refractivity contribution >= 4 is 17.7 Å². The molecule has 0 heterocycles. The minimum absolute atomic E-state index is 0.316. The number of ether oxygens (including phenoxy) is 1. The molecule has 0 bridgehead atoms. The Labute approximate surface area is 104 Å². The van der Waals surface area contributed by atoms with Crippen LogP contribution in [0.25, 0.3) is 0 Å². The number of hydrazine groups is 1. The summed E-state index contributed by atoms with van der Waals surface area (Å²) in [6.07, 6.45) is 0. The van der Waals surface area contributed by atoms with Crippen molar-refractivity contribution in [1.82, 2.24) is 5.43 Å². The molecule has 1 amide bonds. The maximum Gasteiger partial charge on any atom is 0.265 e. The van der Waals surface area contributed by atoms with Crippen LogP contribution in [0.4, 0.5) is 4.39 Å². The van der Waals surface area contributed by atoms with Gasteiger partial charge in [0.05, 0.1) is 6.61 Å². The molecule has 0 aliphatic heterocycles. The Morgan fingerprint density at radius 1 is 1.59 bits per heavy atom. The molecule has 17 heavy (non-hydrogen) atoms. The molecule has 6 heteroatoms. The van der Waals surface area contributed by atoms with Crippen LogP contribution in [0.15, 0.2) is 18.2 Å². The maximum atomic E-state index is 13.4. The van der Waals surface area contributed by atoms with Crippen molar-refractivity contribution < 1.29 is 13.9 Å². The van der Waals surface area contributed by atoms with E-state index in [1.807, 2.05) is 5.43 Å². The first-order chi connectivity index (χ1) is 8.19. The summed E-state index contributed by atoms with van der Waals surface area (Å²) in [7, 11) is 1.62. The van der Waals surface area contributed by atoms with E-state index >= 15 is 0 Å². The normalized spacial score (nSPS) is 10.3. The summed E-state index contributed by atoms with van der Waals surface area (Å²) in [6.45, 7) is 0.620. The smallest absolute Gasteiger partial charge is 0.265 e. The summed E-state index contributed by atoms with van der Waals surface area (Å²) >= 11 is 1.55. The molecular formula is C11H15FN2O2S. The van der Waals surface area contributed by atoms with Gasteiger partial charge in [-0.05, 0) is 23.8 Å². The summed E-state index contributed by atoms with van der Waals surface area (Å²) in [5.74, 6) is 5.56. The molecule has 0 aliphatic carbocycles. The van der Waals surface area contributed by atoms with Gasteiger partial charge in [0.15, 0.2) is 0 Å². The molecule has 0 aromatic heterocycles. The molecule has 0 spiro atoms. The number of thioether (sulfide) groups is 1. The van der Waals surface area contributed by atoms with Crippen molar-refractivity contribution in [3.05, 3.63) is 35.1 Å². The number of nitrogens with two attached hydrogens (primary N) is 1. The van der Waals surface area contributed by atoms with Gasteiger partial charge in [0, 0.05) is 24.2 Å². The summed E-state index contributed by atoms with van der Waals surface area (Å²) < 4.78 is 18.3. The Morgan fingerprint density at radius 2 is 2.35 bits per heavy atom. The SMILES string of the molecule is COCCSCc1cc(C(=O)NN)ccc1F.